The Labute approximate surface area is 145 Å². The number of benzene rings is 1. The molecular weight excluding hydrogens is 365 g/mol. The minimum atomic E-state index is -3.48. The van der Waals surface area contributed by atoms with Crippen molar-refractivity contribution in [3.63, 3.8) is 0 Å². The van der Waals surface area contributed by atoms with Crippen molar-refractivity contribution in [2.24, 2.45) is 5.16 Å². The average Bonchev–Trinajstić information content (AvgIpc) is 2.41. The first-order chi connectivity index (χ1) is 10.6. The number of oxime groups is 1. The first-order valence-electron chi connectivity index (χ1n) is 6.44. The molecule has 0 aliphatic carbocycles. The maximum atomic E-state index is 11.9. The molecule has 1 atom stereocenters. The number of amides is 1. The van der Waals surface area contributed by atoms with Gasteiger partial charge >= 0.3 is 0 Å². The molecule has 10 heteroatoms. The first-order valence-corrected chi connectivity index (χ1v) is 9.09. The summed E-state index contributed by atoms with van der Waals surface area (Å²) < 4.78 is 24.4. The highest BCUT2D eigenvalue weighted by Crippen LogP contribution is 2.21. The summed E-state index contributed by atoms with van der Waals surface area (Å²) in [4.78, 5) is 16.7. The minimum Gasteiger partial charge on any atom is -0.399 e. The molecule has 2 N–H and O–H groups in total. The predicted octanol–water partition coefficient (Wildman–Crippen LogP) is 1.40. The zero-order valence-electron chi connectivity index (χ0n) is 12.8. The van der Waals surface area contributed by atoms with Crippen LogP contribution in [0.1, 0.15) is 12.5 Å². The van der Waals surface area contributed by atoms with E-state index in [9.17, 15) is 13.2 Å². The summed E-state index contributed by atoms with van der Waals surface area (Å²) in [6.07, 6.45) is 0.974. The number of carbonyl (C=O) groups excluding carboxylic acids is 1. The summed E-state index contributed by atoms with van der Waals surface area (Å²) in [5.41, 5.74) is 0.913. The lowest BCUT2D eigenvalue weighted by molar-refractivity contribution is -0.122. The predicted molar refractivity (Wildman–Crippen MR) is 90.5 cm³/mol. The summed E-state index contributed by atoms with van der Waals surface area (Å²) in [6, 6.07) is 3.89. The molecule has 128 valence electrons. The second-order valence-electron chi connectivity index (χ2n) is 4.67. The molecule has 0 saturated carbocycles. The smallest absolute Gasteiger partial charge is 0.238 e. The third kappa shape index (κ3) is 6.74. The van der Waals surface area contributed by atoms with Crippen LogP contribution in [-0.2, 0) is 19.7 Å². The Morgan fingerprint density at radius 1 is 1.39 bits per heavy atom. The van der Waals surface area contributed by atoms with Crippen LogP contribution in [0.25, 0.3) is 0 Å². The van der Waals surface area contributed by atoms with Crippen molar-refractivity contribution in [1.29, 1.82) is 0 Å². The Morgan fingerprint density at radius 2 is 2.04 bits per heavy atom. The van der Waals surface area contributed by atoms with Gasteiger partial charge in [0.15, 0.2) is 0 Å². The largest absolute Gasteiger partial charge is 0.399 e. The molecule has 7 nitrogen and oxygen atoms in total. The van der Waals surface area contributed by atoms with Gasteiger partial charge in [0.05, 0.1) is 23.9 Å². The van der Waals surface area contributed by atoms with E-state index in [0.717, 1.165) is 6.26 Å². The highest BCUT2D eigenvalue weighted by molar-refractivity contribution is 7.88. The second-order valence-corrected chi connectivity index (χ2v) is 7.30. The van der Waals surface area contributed by atoms with Crippen molar-refractivity contribution < 1.29 is 18.0 Å². The van der Waals surface area contributed by atoms with E-state index >= 15 is 0 Å². The Kier molecular flexibility index (Phi) is 7.27. The van der Waals surface area contributed by atoms with E-state index in [1.807, 2.05) is 0 Å². The number of sulfonamides is 1. The van der Waals surface area contributed by atoms with Gasteiger partial charge in [-0.15, -0.1) is 0 Å². The molecule has 0 aliphatic rings. The van der Waals surface area contributed by atoms with Crippen LogP contribution in [0.15, 0.2) is 23.4 Å². The van der Waals surface area contributed by atoms with Crippen LogP contribution in [-0.4, -0.2) is 46.0 Å². The fourth-order valence-electron chi connectivity index (χ4n) is 1.71. The highest BCUT2D eigenvalue weighted by Gasteiger charge is 2.18. The lowest BCUT2D eigenvalue weighted by atomic mass is 10.1. The number of halogens is 2. The van der Waals surface area contributed by atoms with Crippen LogP contribution in [0.5, 0.6) is 0 Å². The maximum absolute atomic E-state index is 11.9. The van der Waals surface area contributed by atoms with Crippen LogP contribution >= 0.6 is 23.2 Å². The van der Waals surface area contributed by atoms with Gasteiger partial charge in [0.2, 0.25) is 15.9 Å². The quantitative estimate of drug-likeness (QED) is 0.550. The van der Waals surface area contributed by atoms with E-state index in [-0.39, 0.29) is 6.54 Å². The Hall–Kier alpha value is -1.35. The van der Waals surface area contributed by atoms with Crippen molar-refractivity contribution in [2.75, 3.05) is 19.9 Å². The molecule has 1 aromatic carbocycles. The Bertz CT molecular complexity index is 707. The van der Waals surface area contributed by atoms with E-state index in [1.54, 1.807) is 18.2 Å². The third-order valence-corrected chi connectivity index (χ3v) is 3.99. The maximum Gasteiger partial charge on any atom is 0.238 e. The summed E-state index contributed by atoms with van der Waals surface area (Å²) in [6.45, 7) is 1.43. The molecule has 1 rings (SSSR count). The molecular formula is C13H17Cl2N3O4S. The number of hydrogen-bond donors (Lipinski definition) is 2. The second kappa shape index (κ2) is 8.49. The highest BCUT2D eigenvalue weighted by atomic mass is 35.5. The first kappa shape index (κ1) is 19.7. The van der Waals surface area contributed by atoms with Gasteiger partial charge in [-0.1, -0.05) is 28.4 Å². The molecule has 0 spiro atoms. The number of nitrogens with one attached hydrogen (secondary N) is 2. The molecule has 1 unspecified atom stereocenters. The zero-order chi connectivity index (χ0) is 17.6. The lowest BCUT2D eigenvalue weighted by Crippen LogP contribution is -2.45. The van der Waals surface area contributed by atoms with E-state index in [4.69, 9.17) is 28.0 Å². The average molecular weight is 382 g/mol. The van der Waals surface area contributed by atoms with Crippen LogP contribution in [0.4, 0.5) is 0 Å². The number of nitrogens with zero attached hydrogens (tertiary/aromatic N) is 1. The fourth-order valence-corrected chi connectivity index (χ4v) is 2.98. The van der Waals surface area contributed by atoms with Gasteiger partial charge in [0, 0.05) is 10.6 Å². The van der Waals surface area contributed by atoms with Gasteiger partial charge < -0.3 is 10.2 Å². The van der Waals surface area contributed by atoms with E-state index in [1.165, 1.54) is 14.0 Å². The molecule has 1 aromatic rings. The molecule has 0 aromatic heterocycles. The van der Waals surface area contributed by atoms with E-state index in [0.29, 0.717) is 21.3 Å². The molecule has 0 fully saturated rings. The number of carbonyl (C=O) groups is 1. The molecule has 1 amide bonds. The van der Waals surface area contributed by atoms with Gasteiger partial charge in [-0.05, 0) is 25.1 Å². The van der Waals surface area contributed by atoms with Crippen LogP contribution < -0.4 is 10.0 Å². The zero-order valence-corrected chi connectivity index (χ0v) is 15.1. The molecule has 23 heavy (non-hydrogen) atoms. The van der Waals surface area contributed by atoms with E-state index < -0.39 is 22.0 Å². The number of rotatable bonds is 7. The summed E-state index contributed by atoms with van der Waals surface area (Å²) in [5.74, 6) is -0.510. The van der Waals surface area contributed by atoms with Gasteiger partial charge in [0.1, 0.15) is 12.8 Å². The van der Waals surface area contributed by atoms with Crippen LogP contribution in [0, 0.1) is 0 Å². The monoisotopic (exact) mass is 381 g/mol. The summed E-state index contributed by atoms with van der Waals surface area (Å²) in [5, 5.41) is 7.20. The van der Waals surface area contributed by atoms with Crippen molar-refractivity contribution in [2.45, 2.75) is 13.0 Å². The Morgan fingerprint density at radius 3 is 2.57 bits per heavy atom. The van der Waals surface area contributed by atoms with Crippen molar-refractivity contribution in [3.8, 4) is 0 Å². The summed E-state index contributed by atoms with van der Waals surface area (Å²) >= 11 is 11.9. The standard InChI is InChI=1S/C13H17Cl2N3O4S/c1-8(18-23(3,20)21)13(19)16-7-12(17-22-2)10-5-4-9(14)6-11(10)15/h4-6,8,18H,7H2,1-3H3,(H,16,19). The van der Waals surface area contributed by atoms with Crippen molar-refractivity contribution in [1.82, 2.24) is 10.0 Å². The van der Waals surface area contributed by atoms with Gasteiger partial charge in [-0.3, -0.25) is 4.79 Å². The fraction of sp³-hybridized carbons (Fsp3) is 0.385. The molecule has 0 aliphatic heterocycles. The molecule has 0 saturated heterocycles. The number of hydrogen-bond acceptors (Lipinski definition) is 5. The van der Waals surface area contributed by atoms with Crippen LogP contribution in [0.2, 0.25) is 10.0 Å². The van der Waals surface area contributed by atoms with Crippen molar-refractivity contribution in [3.05, 3.63) is 33.8 Å². The molecule has 0 heterocycles. The van der Waals surface area contributed by atoms with Gasteiger partial charge in [-0.25, -0.2) is 13.1 Å². The van der Waals surface area contributed by atoms with Gasteiger partial charge in [0.25, 0.3) is 0 Å². The Balaban J connectivity index is 2.82. The third-order valence-electron chi connectivity index (χ3n) is 2.66. The normalized spacial score (nSPS) is 13.5. The minimum absolute atomic E-state index is 0.00378. The lowest BCUT2D eigenvalue weighted by Gasteiger charge is -2.14. The molecule has 0 bridgehead atoms. The van der Waals surface area contributed by atoms with E-state index in [2.05, 4.69) is 15.2 Å². The SMILES string of the molecule is CON=C(CNC(=O)C(C)NS(C)(=O)=O)c1ccc(Cl)cc1Cl. The molecule has 0 radical (unpaired) electrons. The van der Waals surface area contributed by atoms with Crippen LogP contribution in [0.3, 0.4) is 0 Å². The van der Waals surface area contributed by atoms with Gasteiger partial charge in [-0.2, -0.15) is 0 Å². The van der Waals surface area contributed by atoms with Crippen molar-refractivity contribution >= 4 is 44.8 Å². The topological polar surface area (TPSA) is 96.9 Å². The summed E-state index contributed by atoms with van der Waals surface area (Å²) in [7, 11) is -2.12.